The molecule has 1 N–H and O–H groups in total. The van der Waals surface area contributed by atoms with Crippen LogP contribution in [0.15, 0.2) is 24.3 Å². The first-order valence-electron chi connectivity index (χ1n) is 9.39. The number of nitrogens with zero attached hydrogens (tertiary/aromatic N) is 2. The Morgan fingerprint density at radius 1 is 1.25 bits per heavy atom. The van der Waals surface area contributed by atoms with Gasteiger partial charge in [0.15, 0.2) is 0 Å². The van der Waals surface area contributed by atoms with Crippen molar-refractivity contribution in [2.45, 2.75) is 57.0 Å². The third-order valence-corrected chi connectivity index (χ3v) is 5.75. The second-order valence-electron chi connectivity index (χ2n) is 7.24. The zero-order valence-corrected chi connectivity index (χ0v) is 14.8. The Balaban J connectivity index is 1.67. The third-order valence-electron chi connectivity index (χ3n) is 5.75. The molecule has 0 saturated carbocycles. The number of hydrogen-bond acceptors (Lipinski definition) is 3. The van der Waals surface area contributed by atoms with Crippen molar-refractivity contribution < 1.29 is 9.90 Å². The number of carbonyl (C=O) groups is 1. The molecule has 1 aliphatic carbocycles. The fourth-order valence-corrected chi connectivity index (χ4v) is 4.33. The molecule has 2 unspecified atom stereocenters. The molecule has 1 amide bonds. The van der Waals surface area contributed by atoms with Gasteiger partial charge in [-0.2, -0.15) is 0 Å². The fourth-order valence-electron chi connectivity index (χ4n) is 4.33. The summed E-state index contributed by atoms with van der Waals surface area (Å²) >= 11 is 0. The van der Waals surface area contributed by atoms with Gasteiger partial charge in [-0.1, -0.05) is 30.7 Å². The Morgan fingerprint density at radius 2 is 2.08 bits per heavy atom. The molecular formula is C20H30N2O2. The summed E-state index contributed by atoms with van der Waals surface area (Å²) in [6, 6.07) is 9.12. The number of aliphatic hydroxyl groups excluding tert-OH is 1. The van der Waals surface area contributed by atoms with Crippen molar-refractivity contribution in [2.24, 2.45) is 0 Å². The number of carbonyl (C=O) groups excluding carboxylic acids is 1. The summed E-state index contributed by atoms with van der Waals surface area (Å²) in [7, 11) is 1.96. The predicted molar refractivity (Wildman–Crippen MR) is 95.8 cm³/mol. The molecule has 4 heteroatoms. The zero-order valence-electron chi connectivity index (χ0n) is 14.8. The topological polar surface area (TPSA) is 43.8 Å². The maximum Gasteiger partial charge on any atom is 0.237 e. The molecular weight excluding hydrogens is 300 g/mol. The molecule has 0 aromatic heterocycles. The van der Waals surface area contributed by atoms with Crippen molar-refractivity contribution in [3.05, 3.63) is 35.4 Å². The number of likely N-dealkylation sites (N-methyl/N-ethyl adjacent to an activating group) is 1. The summed E-state index contributed by atoms with van der Waals surface area (Å²) in [5.74, 6) is 0.210. The van der Waals surface area contributed by atoms with Crippen LogP contribution >= 0.6 is 0 Å². The molecule has 24 heavy (non-hydrogen) atoms. The van der Waals surface area contributed by atoms with E-state index < -0.39 is 0 Å². The van der Waals surface area contributed by atoms with Crippen LogP contribution in [0, 0.1) is 0 Å². The van der Waals surface area contributed by atoms with Crippen LogP contribution < -0.4 is 0 Å². The van der Waals surface area contributed by atoms with Crippen LogP contribution in [0.25, 0.3) is 0 Å². The van der Waals surface area contributed by atoms with E-state index >= 15 is 0 Å². The quantitative estimate of drug-likeness (QED) is 0.903. The van der Waals surface area contributed by atoms with Crippen LogP contribution in [0.4, 0.5) is 0 Å². The molecule has 4 nitrogen and oxygen atoms in total. The van der Waals surface area contributed by atoms with Gasteiger partial charge in [0.05, 0.1) is 12.6 Å². The number of aryl methyl sites for hydroxylation is 1. The standard InChI is InChI=1S/C20H30N2O2/c1-21(19-11-6-8-16-7-2-3-10-18(16)19)20(24)15-22-13-5-4-9-17(22)12-14-23/h2-3,7,10,17,19,23H,4-6,8-9,11-15H2,1H3. The first-order chi connectivity index (χ1) is 11.7. The minimum absolute atomic E-state index is 0.210. The Labute approximate surface area is 145 Å². The summed E-state index contributed by atoms with van der Waals surface area (Å²) in [6.45, 7) is 1.67. The van der Waals surface area contributed by atoms with E-state index in [4.69, 9.17) is 0 Å². The van der Waals surface area contributed by atoms with Crippen molar-refractivity contribution >= 4 is 5.91 Å². The summed E-state index contributed by atoms with van der Waals surface area (Å²) in [5, 5.41) is 9.27. The first kappa shape index (κ1) is 17.4. The van der Waals surface area contributed by atoms with Crippen LogP contribution in [-0.4, -0.2) is 53.6 Å². The van der Waals surface area contributed by atoms with Crippen molar-refractivity contribution in [3.8, 4) is 0 Å². The predicted octanol–water partition coefficient (Wildman–Crippen LogP) is 2.76. The molecule has 0 radical (unpaired) electrons. The fraction of sp³-hybridized carbons (Fsp3) is 0.650. The SMILES string of the molecule is CN(C(=O)CN1CCCCC1CCO)C1CCCc2ccccc21. The molecule has 0 bridgehead atoms. The van der Waals surface area contributed by atoms with Gasteiger partial charge in [0, 0.05) is 19.7 Å². The number of piperidine rings is 1. The number of likely N-dealkylation sites (tertiary alicyclic amines) is 1. The maximum atomic E-state index is 12.9. The van der Waals surface area contributed by atoms with Gasteiger partial charge in [0.2, 0.25) is 5.91 Å². The van der Waals surface area contributed by atoms with Crippen LogP contribution in [0.1, 0.15) is 55.7 Å². The Hall–Kier alpha value is -1.39. The monoisotopic (exact) mass is 330 g/mol. The van der Waals surface area contributed by atoms with E-state index in [2.05, 4.69) is 29.2 Å². The first-order valence-corrected chi connectivity index (χ1v) is 9.39. The molecule has 1 aromatic rings. The molecule has 1 saturated heterocycles. The molecule has 1 aromatic carbocycles. The minimum Gasteiger partial charge on any atom is -0.396 e. The molecule has 3 rings (SSSR count). The van der Waals surface area contributed by atoms with Crippen molar-refractivity contribution in [3.63, 3.8) is 0 Å². The lowest BCUT2D eigenvalue weighted by molar-refractivity contribution is -0.134. The van der Waals surface area contributed by atoms with Crippen LogP contribution in [0.2, 0.25) is 0 Å². The highest BCUT2D eigenvalue weighted by Gasteiger charge is 2.29. The summed E-state index contributed by atoms with van der Waals surface area (Å²) in [6.07, 6.45) is 7.58. The van der Waals surface area contributed by atoms with E-state index in [1.807, 2.05) is 11.9 Å². The summed E-state index contributed by atoms with van der Waals surface area (Å²) in [5.41, 5.74) is 2.72. The van der Waals surface area contributed by atoms with Crippen LogP contribution in [0.5, 0.6) is 0 Å². The van der Waals surface area contributed by atoms with Gasteiger partial charge in [-0.25, -0.2) is 0 Å². The summed E-state index contributed by atoms with van der Waals surface area (Å²) in [4.78, 5) is 17.1. The Kier molecular flexibility index (Phi) is 5.90. The molecule has 1 aliphatic heterocycles. The highest BCUT2D eigenvalue weighted by molar-refractivity contribution is 5.78. The summed E-state index contributed by atoms with van der Waals surface area (Å²) < 4.78 is 0. The van der Waals surface area contributed by atoms with Gasteiger partial charge in [-0.3, -0.25) is 9.69 Å². The lowest BCUT2D eigenvalue weighted by Gasteiger charge is -2.38. The zero-order chi connectivity index (χ0) is 16.9. The van der Waals surface area contributed by atoms with E-state index in [-0.39, 0.29) is 18.6 Å². The number of rotatable bonds is 5. The molecule has 132 valence electrons. The smallest absolute Gasteiger partial charge is 0.237 e. The van der Waals surface area contributed by atoms with Crippen LogP contribution in [-0.2, 0) is 11.2 Å². The second kappa shape index (κ2) is 8.13. The van der Waals surface area contributed by atoms with E-state index in [0.29, 0.717) is 12.6 Å². The van der Waals surface area contributed by atoms with Gasteiger partial charge in [0.1, 0.15) is 0 Å². The number of amides is 1. The number of benzene rings is 1. The minimum atomic E-state index is 0.210. The van der Waals surface area contributed by atoms with Gasteiger partial charge in [0.25, 0.3) is 0 Å². The molecule has 1 fully saturated rings. The second-order valence-corrected chi connectivity index (χ2v) is 7.24. The average Bonchev–Trinajstić information content (AvgIpc) is 2.62. The molecule has 1 heterocycles. The van der Waals surface area contributed by atoms with E-state index in [1.165, 1.54) is 17.5 Å². The third kappa shape index (κ3) is 3.81. The highest BCUT2D eigenvalue weighted by atomic mass is 16.3. The largest absolute Gasteiger partial charge is 0.396 e. The molecule has 0 spiro atoms. The van der Waals surface area contributed by atoms with Crippen molar-refractivity contribution in [1.82, 2.24) is 9.80 Å². The van der Waals surface area contributed by atoms with Crippen LogP contribution in [0.3, 0.4) is 0 Å². The maximum absolute atomic E-state index is 12.9. The van der Waals surface area contributed by atoms with Gasteiger partial charge < -0.3 is 10.0 Å². The molecule has 2 aliphatic rings. The lowest BCUT2D eigenvalue weighted by Crippen LogP contribution is -2.47. The normalized spacial score (nSPS) is 24.4. The lowest BCUT2D eigenvalue weighted by atomic mass is 9.87. The van der Waals surface area contributed by atoms with Gasteiger partial charge >= 0.3 is 0 Å². The Bertz CT molecular complexity index is 558. The Morgan fingerprint density at radius 3 is 2.92 bits per heavy atom. The highest BCUT2D eigenvalue weighted by Crippen LogP contribution is 2.33. The molecule has 2 atom stereocenters. The van der Waals surface area contributed by atoms with Gasteiger partial charge in [-0.05, 0) is 56.2 Å². The average molecular weight is 330 g/mol. The van der Waals surface area contributed by atoms with Crippen molar-refractivity contribution in [1.29, 1.82) is 0 Å². The van der Waals surface area contributed by atoms with E-state index in [1.54, 1.807) is 0 Å². The van der Waals surface area contributed by atoms with Gasteiger partial charge in [-0.15, -0.1) is 0 Å². The van der Waals surface area contributed by atoms with E-state index in [9.17, 15) is 9.90 Å². The number of aliphatic hydroxyl groups is 1. The number of hydrogen-bond donors (Lipinski definition) is 1. The number of fused-ring (bicyclic) bond motifs is 1. The van der Waals surface area contributed by atoms with Crippen molar-refractivity contribution in [2.75, 3.05) is 26.7 Å². The van der Waals surface area contributed by atoms with E-state index in [0.717, 1.165) is 45.1 Å².